The molecule has 1 amide bonds. The third-order valence-electron chi connectivity index (χ3n) is 2.81. The summed E-state index contributed by atoms with van der Waals surface area (Å²) in [6.45, 7) is 2.06. The van der Waals surface area contributed by atoms with Crippen LogP contribution in [0.1, 0.15) is 12.5 Å². The molecule has 0 fully saturated rings. The number of methoxy groups -OCH3 is 1. The Labute approximate surface area is 105 Å². The number of benzene rings is 1. The minimum absolute atomic E-state index is 0.0460. The summed E-state index contributed by atoms with van der Waals surface area (Å²) in [4.78, 5) is 13.9. The van der Waals surface area contributed by atoms with Gasteiger partial charge in [-0.15, -0.1) is 0 Å². The van der Waals surface area contributed by atoms with Gasteiger partial charge in [0, 0.05) is 31.1 Å². The van der Waals surface area contributed by atoms with E-state index in [9.17, 15) is 9.90 Å². The number of phenolic OH excluding ortho intramolecular Hbond substituents is 1. The van der Waals surface area contributed by atoms with Crippen molar-refractivity contribution in [3.63, 3.8) is 0 Å². The molecule has 0 radical (unpaired) electrons. The van der Waals surface area contributed by atoms with Crippen molar-refractivity contribution in [2.45, 2.75) is 13.3 Å². The van der Waals surface area contributed by atoms with E-state index in [0.717, 1.165) is 16.5 Å². The molecule has 5 nitrogen and oxygen atoms in total. The molecule has 1 aromatic carbocycles. The lowest BCUT2D eigenvalue weighted by molar-refractivity contribution is -0.118. The first-order valence-electron chi connectivity index (χ1n) is 5.73. The summed E-state index contributed by atoms with van der Waals surface area (Å²) in [6.07, 6.45) is 2.57. The van der Waals surface area contributed by atoms with Gasteiger partial charge in [-0.2, -0.15) is 0 Å². The highest BCUT2D eigenvalue weighted by molar-refractivity contribution is 5.89. The first-order chi connectivity index (χ1) is 8.61. The summed E-state index contributed by atoms with van der Waals surface area (Å²) in [7, 11) is 1.56. The molecule has 0 saturated carbocycles. The Balaban J connectivity index is 2.29. The lowest BCUT2D eigenvalue weighted by atomic mass is 10.1. The third kappa shape index (κ3) is 2.40. The smallest absolute Gasteiger partial charge is 0.216 e. The minimum atomic E-state index is -0.0460. The van der Waals surface area contributed by atoms with E-state index in [4.69, 9.17) is 4.74 Å². The maximum absolute atomic E-state index is 10.8. The van der Waals surface area contributed by atoms with E-state index < -0.39 is 0 Å². The monoisotopic (exact) mass is 248 g/mol. The van der Waals surface area contributed by atoms with Gasteiger partial charge >= 0.3 is 0 Å². The molecule has 0 saturated heterocycles. The van der Waals surface area contributed by atoms with E-state index in [0.29, 0.717) is 18.7 Å². The van der Waals surface area contributed by atoms with Crippen LogP contribution in [0.3, 0.4) is 0 Å². The summed E-state index contributed by atoms with van der Waals surface area (Å²) in [6, 6.07) is 3.26. The fourth-order valence-corrected chi connectivity index (χ4v) is 1.98. The molecular formula is C13H16N2O3. The fraction of sp³-hybridized carbons (Fsp3) is 0.308. The molecule has 96 valence electrons. The molecule has 2 rings (SSSR count). The van der Waals surface area contributed by atoms with Crippen molar-refractivity contribution in [2.24, 2.45) is 0 Å². The molecule has 0 atom stereocenters. The molecule has 0 aliphatic heterocycles. The molecule has 1 heterocycles. The lowest BCUT2D eigenvalue weighted by Crippen LogP contribution is -2.22. The summed E-state index contributed by atoms with van der Waals surface area (Å²) in [5.74, 6) is 0.728. The van der Waals surface area contributed by atoms with Crippen molar-refractivity contribution < 1.29 is 14.6 Å². The van der Waals surface area contributed by atoms with Crippen molar-refractivity contribution in [2.75, 3.05) is 13.7 Å². The average molecular weight is 248 g/mol. The second-order valence-corrected chi connectivity index (χ2v) is 4.12. The van der Waals surface area contributed by atoms with Gasteiger partial charge in [-0.3, -0.25) is 4.79 Å². The van der Waals surface area contributed by atoms with Gasteiger partial charge in [0.05, 0.1) is 12.6 Å². The van der Waals surface area contributed by atoms with Crippen LogP contribution >= 0.6 is 0 Å². The molecule has 0 aliphatic rings. The van der Waals surface area contributed by atoms with Gasteiger partial charge in [-0.1, -0.05) is 0 Å². The zero-order valence-corrected chi connectivity index (χ0v) is 10.4. The SMILES string of the molecule is COc1cc(O)cc2c(CCNC(C)=O)c[nH]c12. The molecule has 5 heteroatoms. The lowest BCUT2D eigenvalue weighted by Gasteiger charge is -2.04. The zero-order valence-electron chi connectivity index (χ0n) is 10.4. The van der Waals surface area contributed by atoms with Crippen LogP contribution in [0, 0.1) is 0 Å². The van der Waals surface area contributed by atoms with Gasteiger partial charge in [-0.05, 0) is 18.1 Å². The Kier molecular flexibility index (Phi) is 3.41. The van der Waals surface area contributed by atoms with Crippen LogP contribution in [0.4, 0.5) is 0 Å². The van der Waals surface area contributed by atoms with Crippen molar-refractivity contribution in [3.05, 3.63) is 23.9 Å². The number of amides is 1. The van der Waals surface area contributed by atoms with E-state index in [1.165, 1.54) is 6.92 Å². The summed E-state index contributed by atoms with van der Waals surface area (Å²) < 4.78 is 5.20. The van der Waals surface area contributed by atoms with Crippen LogP contribution in [0.25, 0.3) is 10.9 Å². The molecular weight excluding hydrogens is 232 g/mol. The van der Waals surface area contributed by atoms with Crippen LogP contribution < -0.4 is 10.1 Å². The number of aromatic nitrogens is 1. The number of aromatic amines is 1. The Morgan fingerprint density at radius 1 is 1.50 bits per heavy atom. The minimum Gasteiger partial charge on any atom is -0.508 e. The quantitative estimate of drug-likeness (QED) is 0.768. The van der Waals surface area contributed by atoms with Crippen LogP contribution in [0.2, 0.25) is 0 Å². The van der Waals surface area contributed by atoms with E-state index in [1.54, 1.807) is 19.2 Å². The number of aromatic hydroxyl groups is 1. The van der Waals surface area contributed by atoms with Gasteiger partial charge in [0.15, 0.2) is 0 Å². The van der Waals surface area contributed by atoms with Gasteiger partial charge in [-0.25, -0.2) is 0 Å². The number of phenols is 1. The Morgan fingerprint density at radius 2 is 2.28 bits per heavy atom. The number of carbonyl (C=O) groups excluding carboxylic acids is 1. The first kappa shape index (κ1) is 12.3. The standard InChI is InChI=1S/C13H16N2O3/c1-8(16)14-4-3-9-7-15-13-11(9)5-10(17)6-12(13)18-2/h5-7,15,17H,3-4H2,1-2H3,(H,14,16). The highest BCUT2D eigenvalue weighted by atomic mass is 16.5. The second-order valence-electron chi connectivity index (χ2n) is 4.12. The van der Waals surface area contributed by atoms with Crippen molar-refractivity contribution >= 4 is 16.8 Å². The van der Waals surface area contributed by atoms with E-state index >= 15 is 0 Å². The zero-order chi connectivity index (χ0) is 13.1. The van der Waals surface area contributed by atoms with Gasteiger partial charge in [0.25, 0.3) is 0 Å². The number of ether oxygens (including phenoxy) is 1. The Morgan fingerprint density at radius 3 is 2.94 bits per heavy atom. The van der Waals surface area contributed by atoms with Crippen LogP contribution in [0.15, 0.2) is 18.3 Å². The van der Waals surface area contributed by atoms with Gasteiger partial charge in [0.2, 0.25) is 5.91 Å². The molecule has 0 unspecified atom stereocenters. The first-order valence-corrected chi connectivity index (χ1v) is 5.73. The molecule has 0 bridgehead atoms. The molecule has 0 spiro atoms. The summed E-state index contributed by atoms with van der Waals surface area (Å²) in [5.41, 5.74) is 1.89. The number of fused-ring (bicyclic) bond motifs is 1. The summed E-state index contributed by atoms with van der Waals surface area (Å²) in [5, 5.41) is 13.3. The highest BCUT2D eigenvalue weighted by Gasteiger charge is 2.10. The second kappa shape index (κ2) is 5.00. The van der Waals surface area contributed by atoms with E-state index in [1.807, 2.05) is 6.20 Å². The fourth-order valence-electron chi connectivity index (χ4n) is 1.98. The number of H-pyrrole nitrogens is 1. The summed E-state index contributed by atoms with van der Waals surface area (Å²) >= 11 is 0. The van der Waals surface area contributed by atoms with Crippen LogP contribution in [0.5, 0.6) is 11.5 Å². The normalized spacial score (nSPS) is 10.6. The van der Waals surface area contributed by atoms with Crippen LogP contribution in [-0.2, 0) is 11.2 Å². The van der Waals surface area contributed by atoms with Crippen molar-refractivity contribution in [1.29, 1.82) is 0 Å². The highest BCUT2D eigenvalue weighted by Crippen LogP contribution is 2.31. The molecule has 3 N–H and O–H groups in total. The number of rotatable bonds is 4. The van der Waals surface area contributed by atoms with Gasteiger partial charge < -0.3 is 20.1 Å². The third-order valence-corrected chi connectivity index (χ3v) is 2.81. The Hall–Kier alpha value is -2.17. The molecule has 18 heavy (non-hydrogen) atoms. The van der Waals surface area contributed by atoms with E-state index in [2.05, 4.69) is 10.3 Å². The number of nitrogens with one attached hydrogen (secondary N) is 2. The van der Waals surface area contributed by atoms with Crippen molar-refractivity contribution in [3.8, 4) is 11.5 Å². The van der Waals surface area contributed by atoms with Crippen LogP contribution in [-0.4, -0.2) is 29.7 Å². The number of hydrogen-bond donors (Lipinski definition) is 3. The Bertz CT molecular complexity index is 575. The van der Waals surface area contributed by atoms with Gasteiger partial charge in [0.1, 0.15) is 11.5 Å². The number of carbonyl (C=O) groups is 1. The topological polar surface area (TPSA) is 74.3 Å². The predicted molar refractivity (Wildman–Crippen MR) is 68.9 cm³/mol. The van der Waals surface area contributed by atoms with Crippen molar-refractivity contribution in [1.82, 2.24) is 10.3 Å². The maximum Gasteiger partial charge on any atom is 0.216 e. The van der Waals surface area contributed by atoms with E-state index in [-0.39, 0.29) is 11.7 Å². The average Bonchev–Trinajstić information content (AvgIpc) is 2.71. The maximum atomic E-state index is 10.8. The molecule has 1 aromatic heterocycles. The largest absolute Gasteiger partial charge is 0.508 e. The molecule has 2 aromatic rings. The molecule has 0 aliphatic carbocycles. The predicted octanol–water partition coefficient (Wildman–Crippen LogP) is 1.56. The number of hydrogen-bond acceptors (Lipinski definition) is 3.